The van der Waals surface area contributed by atoms with Gasteiger partial charge in [0.05, 0.1) is 0 Å². The fraction of sp³-hybridized carbons (Fsp3) is 0.471. The molecule has 132 valence electrons. The average Bonchev–Trinajstić information content (AvgIpc) is 3.01. The molecule has 2 rings (SSSR count). The van der Waals surface area contributed by atoms with E-state index in [1.165, 1.54) is 0 Å². The molecule has 0 unspecified atom stereocenters. The molecule has 0 aliphatic rings. The Morgan fingerprint density at radius 3 is 2.71 bits per heavy atom. The Morgan fingerprint density at radius 2 is 2.04 bits per heavy atom. The molecule has 0 fully saturated rings. The third kappa shape index (κ3) is 5.94. The lowest BCUT2D eigenvalue weighted by atomic mass is 10.1. The first-order valence-corrected chi connectivity index (χ1v) is 8.01. The number of nitrogens with one attached hydrogen (secondary N) is 2. The number of hydrogen-bond acceptors (Lipinski definition) is 5. The van der Waals surface area contributed by atoms with Crippen LogP contribution in [0.1, 0.15) is 50.4 Å². The second-order valence-corrected chi connectivity index (χ2v) is 5.69. The largest absolute Gasteiger partial charge is 0.339 e. The lowest BCUT2D eigenvalue weighted by molar-refractivity contribution is -0.116. The Labute approximate surface area is 148 Å². The molecule has 0 aliphatic carbocycles. The molecule has 0 saturated heterocycles. The Kier molecular flexibility index (Phi) is 8.43. The van der Waals surface area contributed by atoms with Crippen LogP contribution >= 0.6 is 12.4 Å². The second-order valence-electron chi connectivity index (χ2n) is 5.69. The van der Waals surface area contributed by atoms with Crippen LogP contribution < -0.4 is 10.6 Å². The molecule has 0 atom stereocenters. The average molecular weight is 353 g/mol. The van der Waals surface area contributed by atoms with Crippen LogP contribution in [0.15, 0.2) is 28.8 Å². The van der Waals surface area contributed by atoms with Crippen molar-refractivity contribution in [1.82, 2.24) is 15.5 Å². The van der Waals surface area contributed by atoms with Gasteiger partial charge in [-0.3, -0.25) is 4.79 Å². The van der Waals surface area contributed by atoms with Crippen molar-refractivity contribution >= 4 is 24.0 Å². The highest BCUT2D eigenvalue weighted by atomic mass is 35.5. The van der Waals surface area contributed by atoms with Gasteiger partial charge in [0.15, 0.2) is 5.82 Å². The molecule has 0 bridgehead atoms. The van der Waals surface area contributed by atoms with Crippen molar-refractivity contribution in [3.8, 4) is 0 Å². The van der Waals surface area contributed by atoms with E-state index in [1.807, 2.05) is 38.1 Å². The number of benzene rings is 1. The summed E-state index contributed by atoms with van der Waals surface area (Å²) >= 11 is 0. The van der Waals surface area contributed by atoms with Crippen LogP contribution in [0.2, 0.25) is 0 Å². The number of rotatable bonds is 8. The Hall–Kier alpha value is -1.92. The summed E-state index contributed by atoms with van der Waals surface area (Å²) in [5, 5.41) is 10.1. The fourth-order valence-corrected chi connectivity index (χ4v) is 2.09. The summed E-state index contributed by atoms with van der Waals surface area (Å²) < 4.78 is 5.15. The number of amides is 1. The molecule has 2 N–H and O–H groups in total. The van der Waals surface area contributed by atoms with Crippen LogP contribution in [0.3, 0.4) is 0 Å². The minimum atomic E-state index is -0.0572. The van der Waals surface area contributed by atoms with Crippen molar-refractivity contribution in [1.29, 1.82) is 0 Å². The molecule has 2 aromatic rings. The first-order chi connectivity index (χ1) is 11.1. The van der Waals surface area contributed by atoms with Crippen molar-refractivity contribution in [3.63, 3.8) is 0 Å². The van der Waals surface area contributed by atoms with Gasteiger partial charge < -0.3 is 15.2 Å². The highest BCUT2D eigenvalue weighted by molar-refractivity contribution is 5.91. The maximum Gasteiger partial charge on any atom is 0.227 e. The maximum atomic E-state index is 12.1. The number of aromatic nitrogens is 2. The fourth-order valence-electron chi connectivity index (χ4n) is 2.09. The first kappa shape index (κ1) is 20.1. The van der Waals surface area contributed by atoms with Gasteiger partial charge in [-0.05, 0) is 18.2 Å². The van der Waals surface area contributed by atoms with Crippen molar-refractivity contribution in [2.45, 2.75) is 46.1 Å². The van der Waals surface area contributed by atoms with Crippen LogP contribution in [0.25, 0.3) is 0 Å². The molecule has 0 aliphatic heterocycles. The van der Waals surface area contributed by atoms with Gasteiger partial charge in [-0.15, -0.1) is 12.4 Å². The molecule has 1 heterocycles. The molecular weight excluding hydrogens is 328 g/mol. The number of hydrogen-bond donors (Lipinski definition) is 2. The van der Waals surface area contributed by atoms with Gasteiger partial charge in [0, 0.05) is 31.0 Å². The lowest BCUT2D eigenvalue weighted by Gasteiger charge is -2.11. The van der Waals surface area contributed by atoms with E-state index >= 15 is 0 Å². The van der Waals surface area contributed by atoms with Gasteiger partial charge in [0.1, 0.15) is 0 Å². The summed E-state index contributed by atoms with van der Waals surface area (Å²) in [6.45, 7) is 7.67. The van der Waals surface area contributed by atoms with E-state index in [4.69, 9.17) is 4.52 Å². The number of anilines is 1. The number of carbonyl (C=O) groups is 1. The third-order valence-electron chi connectivity index (χ3n) is 3.42. The van der Waals surface area contributed by atoms with E-state index < -0.39 is 0 Å². The molecule has 1 aromatic heterocycles. The quantitative estimate of drug-likeness (QED) is 0.762. The zero-order chi connectivity index (χ0) is 16.7. The number of para-hydroxylation sites is 1. The summed E-state index contributed by atoms with van der Waals surface area (Å²) in [4.78, 5) is 16.4. The maximum absolute atomic E-state index is 12.1. The molecule has 7 heteroatoms. The summed E-state index contributed by atoms with van der Waals surface area (Å²) in [7, 11) is 0. The standard InChI is InChI=1S/C17H24N4O2.ClH/c1-4-18-11-13-7-5-6-8-14(13)19-15(22)9-10-16-20-17(12(2)3)21-23-16;/h5-8,12,18H,4,9-11H2,1-3H3,(H,19,22);1H. The highest BCUT2D eigenvalue weighted by Crippen LogP contribution is 2.16. The van der Waals surface area contributed by atoms with E-state index in [2.05, 4.69) is 27.7 Å². The molecule has 1 aromatic carbocycles. The van der Waals surface area contributed by atoms with Crippen molar-refractivity contribution < 1.29 is 9.32 Å². The normalized spacial score (nSPS) is 10.5. The molecular formula is C17H25ClN4O2. The monoisotopic (exact) mass is 352 g/mol. The SMILES string of the molecule is CCNCc1ccccc1NC(=O)CCc1nc(C(C)C)no1.Cl. The topological polar surface area (TPSA) is 80.0 Å². The zero-order valence-corrected chi connectivity index (χ0v) is 15.2. The first-order valence-electron chi connectivity index (χ1n) is 8.01. The summed E-state index contributed by atoms with van der Waals surface area (Å²) in [6, 6.07) is 7.80. The highest BCUT2D eigenvalue weighted by Gasteiger charge is 2.12. The lowest BCUT2D eigenvalue weighted by Crippen LogP contribution is -2.17. The van der Waals surface area contributed by atoms with Gasteiger partial charge in [0.2, 0.25) is 11.8 Å². The zero-order valence-electron chi connectivity index (χ0n) is 14.3. The van der Waals surface area contributed by atoms with Crippen LogP contribution in [-0.2, 0) is 17.8 Å². The Bertz CT molecular complexity index is 643. The Balaban J connectivity index is 0.00000288. The van der Waals surface area contributed by atoms with Crippen LogP contribution in [-0.4, -0.2) is 22.6 Å². The van der Waals surface area contributed by atoms with Gasteiger partial charge in [-0.2, -0.15) is 4.98 Å². The number of carbonyl (C=O) groups excluding carboxylic acids is 1. The van der Waals surface area contributed by atoms with Crippen LogP contribution in [0.4, 0.5) is 5.69 Å². The van der Waals surface area contributed by atoms with Crippen LogP contribution in [0, 0.1) is 0 Å². The van der Waals surface area contributed by atoms with Crippen molar-refractivity contribution in [2.75, 3.05) is 11.9 Å². The summed E-state index contributed by atoms with van der Waals surface area (Å²) in [6.07, 6.45) is 0.760. The van der Waals surface area contributed by atoms with Gasteiger partial charge >= 0.3 is 0 Å². The molecule has 0 spiro atoms. The molecule has 0 saturated carbocycles. The van der Waals surface area contributed by atoms with E-state index in [1.54, 1.807) is 0 Å². The number of nitrogens with zero attached hydrogens (tertiary/aromatic N) is 2. The predicted molar refractivity (Wildman–Crippen MR) is 96.4 cm³/mol. The summed E-state index contributed by atoms with van der Waals surface area (Å²) in [5.41, 5.74) is 1.91. The number of aryl methyl sites for hydroxylation is 1. The molecule has 24 heavy (non-hydrogen) atoms. The van der Waals surface area contributed by atoms with Gasteiger partial charge in [-0.1, -0.05) is 44.1 Å². The molecule has 6 nitrogen and oxygen atoms in total. The molecule has 1 amide bonds. The van der Waals surface area contributed by atoms with E-state index in [0.29, 0.717) is 24.6 Å². The smallest absolute Gasteiger partial charge is 0.227 e. The minimum Gasteiger partial charge on any atom is -0.339 e. The van der Waals surface area contributed by atoms with Crippen molar-refractivity contribution in [2.24, 2.45) is 0 Å². The van der Waals surface area contributed by atoms with Gasteiger partial charge in [0.25, 0.3) is 0 Å². The third-order valence-corrected chi connectivity index (χ3v) is 3.42. The van der Waals surface area contributed by atoms with E-state index in [0.717, 1.165) is 24.3 Å². The predicted octanol–water partition coefficient (Wildman–Crippen LogP) is 3.30. The van der Waals surface area contributed by atoms with E-state index in [-0.39, 0.29) is 24.2 Å². The Morgan fingerprint density at radius 1 is 1.29 bits per heavy atom. The molecule has 0 radical (unpaired) electrons. The van der Waals surface area contributed by atoms with Crippen LogP contribution in [0.5, 0.6) is 0 Å². The second kappa shape index (κ2) is 10.1. The number of halogens is 1. The van der Waals surface area contributed by atoms with Gasteiger partial charge in [-0.25, -0.2) is 0 Å². The minimum absolute atomic E-state index is 0. The summed E-state index contributed by atoms with van der Waals surface area (Å²) in [5.74, 6) is 1.35. The van der Waals surface area contributed by atoms with Crippen molar-refractivity contribution in [3.05, 3.63) is 41.5 Å². The van der Waals surface area contributed by atoms with E-state index in [9.17, 15) is 4.79 Å².